The Morgan fingerprint density at radius 3 is 1.18 bits per heavy atom. The average Bonchev–Trinajstić information content (AvgIpc) is 2.44. The molecule has 0 aliphatic rings. The van der Waals surface area contributed by atoms with Crippen LogP contribution in [0.3, 0.4) is 0 Å². The summed E-state index contributed by atoms with van der Waals surface area (Å²) in [6.07, 6.45) is 0. The fourth-order valence-electron chi connectivity index (χ4n) is 2.63. The Morgan fingerprint density at radius 1 is 0.545 bits per heavy atom. The van der Waals surface area contributed by atoms with Gasteiger partial charge in [0.05, 0.1) is 11.4 Å². The van der Waals surface area contributed by atoms with E-state index in [1.807, 2.05) is 0 Å². The quantitative estimate of drug-likeness (QED) is 0.708. The molecule has 118 valence electrons. The second-order valence-corrected chi connectivity index (χ2v) is 7.84. The summed E-state index contributed by atoms with van der Waals surface area (Å²) in [7, 11) is 0. The molecule has 0 atom stereocenters. The maximum Gasteiger partial charge on any atom is 0.0577 e. The normalized spacial score (nSPS) is 12.1. The van der Waals surface area contributed by atoms with E-state index in [2.05, 4.69) is 101 Å². The van der Waals surface area contributed by atoms with Crippen LogP contribution >= 0.6 is 0 Å². The van der Waals surface area contributed by atoms with E-state index in [0.29, 0.717) is 0 Å². The molecule has 0 saturated heterocycles. The van der Waals surface area contributed by atoms with Crippen LogP contribution in [0, 0.1) is 0 Å². The molecule has 0 aromatic heterocycles. The highest BCUT2D eigenvalue weighted by atomic mass is 15.4. The first-order valence-electron chi connectivity index (χ1n) is 7.90. The van der Waals surface area contributed by atoms with E-state index in [0.717, 1.165) is 11.4 Å². The van der Waals surface area contributed by atoms with Crippen LogP contribution < -0.4 is 10.9 Å². The molecule has 2 aromatic carbocycles. The van der Waals surface area contributed by atoms with Crippen LogP contribution in [0.2, 0.25) is 0 Å². The van der Waals surface area contributed by atoms with Gasteiger partial charge in [0.1, 0.15) is 0 Å². The first-order valence-corrected chi connectivity index (χ1v) is 7.90. The first-order chi connectivity index (χ1) is 10.2. The highest BCUT2D eigenvalue weighted by molar-refractivity contribution is 5.61. The lowest BCUT2D eigenvalue weighted by atomic mass is 9.85. The van der Waals surface area contributed by atoms with E-state index in [-0.39, 0.29) is 10.8 Å². The van der Waals surface area contributed by atoms with Gasteiger partial charge >= 0.3 is 0 Å². The molecular weight excluding hydrogens is 268 g/mol. The zero-order chi connectivity index (χ0) is 16.4. The van der Waals surface area contributed by atoms with Gasteiger partial charge in [-0.25, -0.2) is 0 Å². The van der Waals surface area contributed by atoms with Crippen molar-refractivity contribution in [3.05, 3.63) is 59.7 Å². The Kier molecular flexibility index (Phi) is 4.50. The fourth-order valence-corrected chi connectivity index (χ4v) is 2.63. The summed E-state index contributed by atoms with van der Waals surface area (Å²) in [6.45, 7) is 13.4. The SMILES string of the molecule is CC(C)(C)c1ccccc1NNc1ccccc1C(C)(C)C. The van der Waals surface area contributed by atoms with E-state index < -0.39 is 0 Å². The predicted molar refractivity (Wildman–Crippen MR) is 97.5 cm³/mol. The van der Waals surface area contributed by atoms with Gasteiger partial charge in [-0.2, -0.15) is 0 Å². The molecule has 0 saturated carbocycles. The van der Waals surface area contributed by atoms with Gasteiger partial charge in [0.15, 0.2) is 0 Å². The van der Waals surface area contributed by atoms with Crippen molar-refractivity contribution < 1.29 is 0 Å². The molecule has 2 heteroatoms. The van der Waals surface area contributed by atoms with Crippen LogP contribution in [-0.2, 0) is 10.8 Å². The van der Waals surface area contributed by atoms with Gasteiger partial charge in [-0.1, -0.05) is 77.9 Å². The highest BCUT2D eigenvalue weighted by Gasteiger charge is 2.19. The third kappa shape index (κ3) is 3.82. The number of anilines is 2. The number of hydrogen-bond donors (Lipinski definition) is 2. The molecule has 0 aliphatic heterocycles. The molecule has 22 heavy (non-hydrogen) atoms. The molecule has 0 amide bonds. The molecule has 0 spiro atoms. The van der Waals surface area contributed by atoms with E-state index in [9.17, 15) is 0 Å². The zero-order valence-electron chi connectivity index (χ0n) is 14.6. The Hall–Kier alpha value is -1.96. The third-order valence-electron chi connectivity index (χ3n) is 3.80. The minimum atomic E-state index is 0.106. The Morgan fingerprint density at radius 2 is 0.864 bits per heavy atom. The van der Waals surface area contributed by atoms with Crippen molar-refractivity contribution in [3.8, 4) is 0 Å². The molecule has 2 aromatic rings. The standard InChI is InChI=1S/C20H28N2/c1-19(2,3)15-11-7-9-13-17(15)21-22-18-14-10-8-12-16(18)20(4,5)6/h7-14,21-22H,1-6H3. The summed E-state index contributed by atoms with van der Waals surface area (Å²) in [5.74, 6) is 0. The molecule has 0 heterocycles. The van der Waals surface area contributed by atoms with Crippen molar-refractivity contribution >= 4 is 11.4 Å². The molecule has 0 unspecified atom stereocenters. The summed E-state index contributed by atoms with van der Waals surface area (Å²) < 4.78 is 0. The van der Waals surface area contributed by atoms with E-state index >= 15 is 0 Å². The second-order valence-electron chi connectivity index (χ2n) is 7.84. The minimum absolute atomic E-state index is 0.106. The summed E-state index contributed by atoms with van der Waals surface area (Å²) in [5.41, 5.74) is 11.9. The number of para-hydroxylation sites is 2. The van der Waals surface area contributed by atoms with Crippen LogP contribution in [0.5, 0.6) is 0 Å². The number of nitrogens with one attached hydrogen (secondary N) is 2. The number of rotatable bonds is 3. The predicted octanol–water partition coefficient (Wildman–Crippen LogP) is 5.72. The molecule has 2 rings (SSSR count). The molecular formula is C20H28N2. The first kappa shape index (κ1) is 16.4. The van der Waals surface area contributed by atoms with E-state index in [1.165, 1.54) is 11.1 Å². The summed E-state index contributed by atoms with van der Waals surface area (Å²) in [4.78, 5) is 0. The van der Waals surface area contributed by atoms with Gasteiger partial charge in [0.25, 0.3) is 0 Å². The Labute approximate surface area is 134 Å². The van der Waals surface area contributed by atoms with Crippen molar-refractivity contribution in [1.82, 2.24) is 0 Å². The molecule has 0 fully saturated rings. The van der Waals surface area contributed by atoms with Gasteiger partial charge in [0, 0.05) is 0 Å². The van der Waals surface area contributed by atoms with Gasteiger partial charge < -0.3 is 10.9 Å². The zero-order valence-corrected chi connectivity index (χ0v) is 14.6. The smallest absolute Gasteiger partial charge is 0.0577 e. The van der Waals surface area contributed by atoms with Gasteiger partial charge in [-0.05, 0) is 34.1 Å². The van der Waals surface area contributed by atoms with Crippen LogP contribution in [0.15, 0.2) is 48.5 Å². The monoisotopic (exact) mass is 296 g/mol. The van der Waals surface area contributed by atoms with Crippen LogP contribution in [0.1, 0.15) is 52.7 Å². The summed E-state index contributed by atoms with van der Waals surface area (Å²) >= 11 is 0. The Bertz CT molecular complexity index is 573. The Balaban J connectivity index is 2.26. The highest BCUT2D eigenvalue weighted by Crippen LogP contribution is 2.31. The van der Waals surface area contributed by atoms with Gasteiger partial charge in [-0.3, -0.25) is 0 Å². The van der Waals surface area contributed by atoms with Crippen molar-refractivity contribution in [2.45, 2.75) is 52.4 Å². The topological polar surface area (TPSA) is 24.1 Å². The summed E-state index contributed by atoms with van der Waals surface area (Å²) in [5, 5.41) is 0. The molecule has 2 N–H and O–H groups in total. The third-order valence-corrected chi connectivity index (χ3v) is 3.80. The lowest BCUT2D eigenvalue weighted by molar-refractivity contribution is 0.590. The van der Waals surface area contributed by atoms with Crippen molar-refractivity contribution in [3.63, 3.8) is 0 Å². The van der Waals surface area contributed by atoms with Crippen molar-refractivity contribution in [2.24, 2.45) is 0 Å². The van der Waals surface area contributed by atoms with E-state index in [4.69, 9.17) is 0 Å². The van der Waals surface area contributed by atoms with Crippen LogP contribution in [0.25, 0.3) is 0 Å². The number of benzene rings is 2. The van der Waals surface area contributed by atoms with Crippen LogP contribution in [-0.4, -0.2) is 0 Å². The maximum absolute atomic E-state index is 3.40. The molecule has 0 radical (unpaired) electrons. The van der Waals surface area contributed by atoms with Crippen LogP contribution in [0.4, 0.5) is 11.4 Å². The molecule has 0 aliphatic carbocycles. The van der Waals surface area contributed by atoms with E-state index in [1.54, 1.807) is 0 Å². The summed E-state index contributed by atoms with van der Waals surface area (Å²) in [6, 6.07) is 16.9. The minimum Gasteiger partial charge on any atom is -0.301 e. The molecule has 2 nitrogen and oxygen atoms in total. The lowest BCUT2D eigenvalue weighted by Gasteiger charge is -2.26. The largest absolute Gasteiger partial charge is 0.301 e. The fraction of sp³-hybridized carbons (Fsp3) is 0.400. The molecule has 0 bridgehead atoms. The number of hydrogen-bond acceptors (Lipinski definition) is 2. The lowest BCUT2D eigenvalue weighted by Crippen LogP contribution is -2.20. The van der Waals surface area contributed by atoms with Crippen molar-refractivity contribution in [2.75, 3.05) is 10.9 Å². The maximum atomic E-state index is 3.40. The van der Waals surface area contributed by atoms with Gasteiger partial charge in [0.2, 0.25) is 0 Å². The number of hydrazine groups is 1. The van der Waals surface area contributed by atoms with Gasteiger partial charge in [-0.15, -0.1) is 0 Å². The average molecular weight is 296 g/mol. The van der Waals surface area contributed by atoms with Crippen molar-refractivity contribution in [1.29, 1.82) is 0 Å². The second kappa shape index (κ2) is 6.04.